The number of likely N-dealkylation sites (N-methyl/N-ethyl adjacent to an activating group) is 1. The third kappa shape index (κ3) is 3.92. The molecule has 0 unspecified atom stereocenters. The molecular weight excluding hydrogens is 250 g/mol. The van der Waals surface area contributed by atoms with Crippen molar-refractivity contribution in [1.29, 1.82) is 0 Å². The van der Waals surface area contributed by atoms with Gasteiger partial charge in [-0.05, 0) is 38.8 Å². The Labute approximate surface area is 121 Å². The number of benzene rings is 1. The van der Waals surface area contributed by atoms with Crippen molar-refractivity contribution in [2.24, 2.45) is 0 Å². The van der Waals surface area contributed by atoms with Crippen LogP contribution in [0.15, 0.2) is 42.5 Å². The first kappa shape index (κ1) is 15.2. The molecule has 0 saturated heterocycles. The maximum absolute atomic E-state index is 10.4. The number of rotatable bonds is 5. The molecular formula is C17H25NO2. The zero-order chi connectivity index (χ0) is 14.5. The summed E-state index contributed by atoms with van der Waals surface area (Å²) in [6.07, 6.45) is 6.03. The Kier molecular flexibility index (Phi) is 5.35. The molecule has 0 bridgehead atoms. The van der Waals surface area contributed by atoms with Crippen LogP contribution in [0, 0.1) is 0 Å². The summed E-state index contributed by atoms with van der Waals surface area (Å²) in [4.78, 5) is 2.28. The summed E-state index contributed by atoms with van der Waals surface area (Å²) in [7, 11) is 2.08. The van der Waals surface area contributed by atoms with E-state index in [9.17, 15) is 10.2 Å². The first-order valence-electron chi connectivity index (χ1n) is 7.37. The quantitative estimate of drug-likeness (QED) is 0.812. The van der Waals surface area contributed by atoms with Crippen LogP contribution in [0.4, 0.5) is 0 Å². The van der Waals surface area contributed by atoms with Crippen molar-refractivity contribution in [3.8, 4) is 0 Å². The van der Waals surface area contributed by atoms with E-state index in [1.165, 1.54) is 0 Å². The Morgan fingerprint density at radius 3 is 2.55 bits per heavy atom. The molecule has 20 heavy (non-hydrogen) atoms. The minimum absolute atomic E-state index is 0.261. The lowest BCUT2D eigenvalue weighted by molar-refractivity contribution is 0.0783. The van der Waals surface area contributed by atoms with Crippen LogP contribution in [0.25, 0.3) is 0 Å². The molecule has 2 rings (SSSR count). The number of hydrogen-bond donors (Lipinski definition) is 2. The highest BCUT2D eigenvalue weighted by Crippen LogP contribution is 2.27. The van der Waals surface area contributed by atoms with Crippen molar-refractivity contribution in [3.05, 3.63) is 48.0 Å². The van der Waals surface area contributed by atoms with Crippen molar-refractivity contribution in [1.82, 2.24) is 4.90 Å². The van der Waals surface area contributed by atoms with Gasteiger partial charge >= 0.3 is 0 Å². The molecule has 0 fully saturated rings. The smallest absolute Gasteiger partial charge is 0.0805 e. The molecule has 1 aliphatic heterocycles. The Balaban J connectivity index is 1.97. The average Bonchev–Trinajstić information content (AvgIpc) is 2.43. The summed E-state index contributed by atoms with van der Waals surface area (Å²) in [5.74, 6) is 0. The van der Waals surface area contributed by atoms with E-state index in [-0.39, 0.29) is 12.1 Å². The van der Waals surface area contributed by atoms with E-state index in [0.29, 0.717) is 6.04 Å². The van der Waals surface area contributed by atoms with E-state index in [1.54, 1.807) is 0 Å². The molecule has 0 aliphatic carbocycles. The van der Waals surface area contributed by atoms with Crippen LogP contribution in [0.5, 0.6) is 0 Å². The monoisotopic (exact) mass is 275 g/mol. The minimum Gasteiger partial charge on any atom is -0.393 e. The van der Waals surface area contributed by atoms with Crippen molar-refractivity contribution >= 4 is 0 Å². The molecule has 2 N–H and O–H groups in total. The highest BCUT2D eigenvalue weighted by Gasteiger charge is 2.27. The van der Waals surface area contributed by atoms with E-state index in [0.717, 1.165) is 24.8 Å². The van der Waals surface area contributed by atoms with Crippen molar-refractivity contribution in [2.75, 3.05) is 7.05 Å². The molecule has 0 amide bonds. The largest absolute Gasteiger partial charge is 0.393 e. The summed E-state index contributed by atoms with van der Waals surface area (Å²) in [6.45, 7) is 1.82. The summed E-state index contributed by atoms with van der Waals surface area (Å²) in [5, 5.41) is 19.9. The van der Waals surface area contributed by atoms with E-state index in [1.807, 2.05) is 37.3 Å². The van der Waals surface area contributed by atoms with Crippen molar-refractivity contribution < 1.29 is 10.2 Å². The summed E-state index contributed by atoms with van der Waals surface area (Å²) in [5.41, 5.74) is 0.975. The second-order valence-electron chi connectivity index (χ2n) is 5.80. The number of nitrogens with zero attached hydrogens (tertiary/aromatic N) is 1. The van der Waals surface area contributed by atoms with Crippen LogP contribution in [0.2, 0.25) is 0 Å². The SMILES string of the molecule is C[C@@H](O)C[C@H]1C=CC[C@@H](C[C@@H](O)c2ccccc2)N1C. The fraction of sp³-hybridized carbons (Fsp3) is 0.529. The van der Waals surface area contributed by atoms with Gasteiger partial charge in [0, 0.05) is 12.1 Å². The van der Waals surface area contributed by atoms with Gasteiger partial charge in [0.2, 0.25) is 0 Å². The van der Waals surface area contributed by atoms with E-state index < -0.39 is 6.10 Å². The van der Waals surface area contributed by atoms with Gasteiger partial charge in [-0.25, -0.2) is 0 Å². The lowest BCUT2D eigenvalue weighted by Gasteiger charge is -2.38. The molecule has 3 heteroatoms. The van der Waals surface area contributed by atoms with E-state index in [4.69, 9.17) is 0 Å². The van der Waals surface area contributed by atoms with Crippen LogP contribution >= 0.6 is 0 Å². The Morgan fingerprint density at radius 2 is 1.90 bits per heavy atom. The number of hydrogen-bond acceptors (Lipinski definition) is 3. The van der Waals surface area contributed by atoms with Gasteiger partial charge in [-0.15, -0.1) is 0 Å². The van der Waals surface area contributed by atoms with Crippen LogP contribution in [-0.4, -0.2) is 40.3 Å². The van der Waals surface area contributed by atoms with Gasteiger partial charge in [0.1, 0.15) is 0 Å². The first-order valence-corrected chi connectivity index (χ1v) is 7.37. The van der Waals surface area contributed by atoms with Gasteiger partial charge in [-0.1, -0.05) is 42.5 Å². The maximum Gasteiger partial charge on any atom is 0.0805 e. The maximum atomic E-state index is 10.4. The van der Waals surface area contributed by atoms with Gasteiger partial charge in [-0.2, -0.15) is 0 Å². The third-order valence-electron chi connectivity index (χ3n) is 4.13. The number of aliphatic hydroxyl groups excluding tert-OH is 2. The van der Waals surface area contributed by atoms with Gasteiger partial charge < -0.3 is 10.2 Å². The van der Waals surface area contributed by atoms with Gasteiger partial charge in [0.05, 0.1) is 12.2 Å². The second kappa shape index (κ2) is 7.02. The molecule has 1 aliphatic rings. The van der Waals surface area contributed by atoms with Crippen molar-refractivity contribution in [3.63, 3.8) is 0 Å². The lowest BCUT2D eigenvalue weighted by Crippen LogP contribution is -2.43. The molecule has 1 aromatic rings. The first-order chi connectivity index (χ1) is 9.58. The summed E-state index contributed by atoms with van der Waals surface area (Å²) in [6, 6.07) is 10.4. The average molecular weight is 275 g/mol. The fourth-order valence-corrected chi connectivity index (χ4v) is 2.89. The topological polar surface area (TPSA) is 43.7 Å². The van der Waals surface area contributed by atoms with E-state index in [2.05, 4.69) is 24.1 Å². The van der Waals surface area contributed by atoms with Crippen LogP contribution in [0.3, 0.4) is 0 Å². The Bertz CT molecular complexity index is 430. The standard InChI is InChI=1S/C17H25NO2/c1-13(19)11-15-9-6-10-16(18(15)2)12-17(20)14-7-4-3-5-8-14/h3-9,13,15-17,19-20H,10-12H2,1-2H3/t13-,15-,16+,17-/m1/s1. The Morgan fingerprint density at radius 1 is 1.20 bits per heavy atom. The molecule has 0 saturated carbocycles. The summed E-state index contributed by atoms with van der Waals surface area (Å²) < 4.78 is 0. The molecule has 110 valence electrons. The third-order valence-corrected chi connectivity index (χ3v) is 4.13. The minimum atomic E-state index is -0.428. The lowest BCUT2D eigenvalue weighted by atomic mass is 9.93. The molecule has 3 nitrogen and oxygen atoms in total. The molecule has 0 radical (unpaired) electrons. The second-order valence-corrected chi connectivity index (χ2v) is 5.80. The normalized spacial score (nSPS) is 26.4. The van der Waals surface area contributed by atoms with Crippen LogP contribution < -0.4 is 0 Å². The zero-order valence-electron chi connectivity index (χ0n) is 12.3. The molecule has 4 atom stereocenters. The predicted molar refractivity (Wildman–Crippen MR) is 81.4 cm³/mol. The van der Waals surface area contributed by atoms with Gasteiger partial charge in [-0.3, -0.25) is 4.90 Å². The van der Waals surface area contributed by atoms with Crippen molar-refractivity contribution in [2.45, 2.75) is 50.5 Å². The molecule has 0 aromatic heterocycles. The zero-order valence-corrected chi connectivity index (χ0v) is 12.3. The highest BCUT2D eigenvalue weighted by atomic mass is 16.3. The van der Waals surface area contributed by atoms with E-state index >= 15 is 0 Å². The van der Waals surface area contributed by atoms with Gasteiger partial charge in [0.15, 0.2) is 0 Å². The van der Waals surface area contributed by atoms with Gasteiger partial charge in [0.25, 0.3) is 0 Å². The Hall–Kier alpha value is -1.16. The highest BCUT2D eigenvalue weighted by molar-refractivity contribution is 5.18. The number of aliphatic hydroxyl groups is 2. The van der Waals surface area contributed by atoms with Crippen LogP contribution in [-0.2, 0) is 0 Å². The predicted octanol–water partition coefficient (Wildman–Crippen LogP) is 2.51. The van der Waals surface area contributed by atoms with Crippen LogP contribution in [0.1, 0.15) is 37.9 Å². The molecule has 1 aromatic carbocycles. The summed E-state index contributed by atoms with van der Waals surface area (Å²) >= 11 is 0. The molecule has 0 spiro atoms. The molecule has 1 heterocycles. The fourth-order valence-electron chi connectivity index (χ4n) is 2.89.